The molecule has 4 saturated heterocycles. The average molecular weight is 618 g/mol. The lowest BCUT2D eigenvalue weighted by Gasteiger charge is -2.54. The first-order chi connectivity index (χ1) is 12.4. The number of likely N-dealkylation sites (N-methyl/N-ethyl adjacent to an activating group) is 2. The second-order valence-electron chi connectivity index (χ2n) is 11.0. The lowest BCUT2D eigenvalue weighted by molar-refractivity contribution is -0.948. The van der Waals surface area contributed by atoms with Gasteiger partial charge in [0, 0.05) is 25.7 Å². The zero-order valence-corrected chi connectivity index (χ0v) is 23.1. The van der Waals surface area contributed by atoms with E-state index in [1.165, 1.54) is 99.6 Å². The van der Waals surface area contributed by atoms with Gasteiger partial charge in [0.05, 0.1) is 54.4 Å². The predicted octanol–water partition coefficient (Wildman–Crippen LogP) is -3.60. The van der Waals surface area contributed by atoms with Crippen LogP contribution in [0.4, 0.5) is 0 Å². The third-order valence-electron chi connectivity index (χ3n) is 8.99. The Balaban J connectivity index is 0.00000140. The van der Waals surface area contributed by atoms with E-state index in [0.29, 0.717) is 0 Å². The second kappa shape index (κ2) is 10.3. The number of halogens is 2. The smallest absolute Gasteiger partial charge is 0.102 e. The molecule has 0 aliphatic carbocycles. The summed E-state index contributed by atoms with van der Waals surface area (Å²) in [5, 5.41) is 0. The quantitative estimate of drug-likeness (QED) is 0.179. The van der Waals surface area contributed by atoms with Crippen molar-refractivity contribution < 1.29 is 56.9 Å². The van der Waals surface area contributed by atoms with Crippen molar-refractivity contribution in [1.82, 2.24) is 9.80 Å². The Morgan fingerprint density at radius 1 is 0.571 bits per heavy atom. The summed E-state index contributed by atoms with van der Waals surface area (Å²) in [7, 11) is 9.94. The Labute approximate surface area is 208 Å². The molecule has 28 heavy (non-hydrogen) atoms. The van der Waals surface area contributed by atoms with Crippen LogP contribution in [0.2, 0.25) is 0 Å². The summed E-state index contributed by atoms with van der Waals surface area (Å²) in [5.74, 6) is 0. The van der Waals surface area contributed by atoms with Gasteiger partial charge < -0.3 is 56.9 Å². The first-order valence-electron chi connectivity index (χ1n) is 11.5. The summed E-state index contributed by atoms with van der Waals surface area (Å²) >= 11 is 0. The van der Waals surface area contributed by atoms with Crippen LogP contribution < -0.4 is 48.0 Å². The summed E-state index contributed by atoms with van der Waals surface area (Å²) in [5.41, 5.74) is 0. The van der Waals surface area contributed by atoms with E-state index in [2.05, 4.69) is 38.0 Å². The van der Waals surface area contributed by atoms with Gasteiger partial charge in [0.15, 0.2) is 0 Å². The maximum Gasteiger partial charge on any atom is 0.102 e. The van der Waals surface area contributed by atoms with Crippen molar-refractivity contribution in [2.75, 3.05) is 67.5 Å². The van der Waals surface area contributed by atoms with Gasteiger partial charge in [-0.05, 0) is 38.8 Å². The first-order valence-corrected chi connectivity index (χ1v) is 11.5. The molecule has 0 aromatic heterocycles. The van der Waals surface area contributed by atoms with E-state index >= 15 is 0 Å². The van der Waals surface area contributed by atoms with Gasteiger partial charge in [-0.15, -0.1) is 0 Å². The molecule has 4 atom stereocenters. The van der Waals surface area contributed by atoms with Crippen molar-refractivity contribution in [3.63, 3.8) is 0 Å². The Kier molecular flexibility index (Phi) is 9.38. The van der Waals surface area contributed by atoms with Crippen LogP contribution in [0.5, 0.6) is 0 Å². The van der Waals surface area contributed by atoms with Gasteiger partial charge in [0.2, 0.25) is 0 Å². The van der Waals surface area contributed by atoms with E-state index in [-0.39, 0.29) is 48.0 Å². The topological polar surface area (TPSA) is 6.48 Å². The number of hydrogen-bond donors (Lipinski definition) is 0. The molecule has 4 nitrogen and oxygen atoms in total. The predicted molar refractivity (Wildman–Crippen MR) is 109 cm³/mol. The molecular formula is C22H44I2N4. The minimum absolute atomic E-state index is 0. The molecule has 4 rings (SSSR count). The normalized spacial score (nSPS) is 36.9. The molecule has 4 unspecified atom stereocenters. The van der Waals surface area contributed by atoms with Crippen molar-refractivity contribution in [3.8, 4) is 0 Å². The fourth-order valence-electron chi connectivity index (χ4n) is 6.69. The van der Waals surface area contributed by atoms with Crippen molar-refractivity contribution in [2.45, 2.75) is 75.5 Å². The molecule has 166 valence electrons. The van der Waals surface area contributed by atoms with Gasteiger partial charge in [-0.1, -0.05) is 0 Å². The van der Waals surface area contributed by atoms with Crippen LogP contribution >= 0.6 is 0 Å². The number of fused-ring (bicyclic) bond motifs is 4. The van der Waals surface area contributed by atoms with E-state index in [9.17, 15) is 0 Å². The van der Waals surface area contributed by atoms with Gasteiger partial charge >= 0.3 is 0 Å². The third kappa shape index (κ3) is 5.19. The molecule has 4 aliphatic rings. The molecule has 0 N–H and O–H groups in total. The zero-order chi connectivity index (χ0) is 18.4. The summed E-state index contributed by atoms with van der Waals surface area (Å²) in [4.78, 5) is 5.62. The van der Waals surface area contributed by atoms with Crippen LogP contribution in [0.1, 0.15) is 51.4 Å². The minimum atomic E-state index is 0. The molecule has 4 aliphatic heterocycles. The van der Waals surface area contributed by atoms with Crippen LogP contribution in [-0.2, 0) is 0 Å². The van der Waals surface area contributed by atoms with Gasteiger partial charge in [-0.2, -0.15) is 0 Å². The summed E-state index contributed by atoms with van der Waals surface area (Å²) < 4.78 is 2.59. The van der Waals surface area contributed by atoms with Crippen molar-refractivity contribution in [3.05, 3.63) is 0 Å². The van der Waals surface area contributed by atoms with Crippen LogP contribution in [0.3, 0.4) is 0 Å². The Morgan fingerprint density at radius 2 is 0.857 bits per heavy atom. The molecule has 0 spiro atoms. The highest BCUT2D eigenvalue weighted by atomic mass is 127. The number of quaternary nitrogens is 2. The second-order valence-corrected chi connectivity index (χ2v) is 11.0. The number of likely N-dealkylation sites (tertiary alicyclic amines) is 2. The first kappa shape index (κ1) is 25.6. The van der Waals surface area contributed by atoms with E-state index in [1.807, 2.05) is 0 Å². The monoisotopic (exact) mass is 618 g/mol. The standard InChI is InChI=1S/C22H44N4.2HI/c1-25(2)19-9-7-10-20(25)16-23(15-19)13-5-6-14-24-17-21-11-8-12-22(18-24)26(21,3)4;;/h19-22H,5-18H2,1-4H3;2*1H/q+2;;/p-2. The highest BCUT2D eigenvalue weighted by Crippen LogP contribution is 2.34. The molecule has 0 aromatic rings. The number of piperidine rings is 2. The number of piperazine rings is 2. The Hall–Kier alpha value is 1.30. The number of nitrogens with zero attached hydrogens (tertiary/aromatic N) is 4. The van der Waals surface area contributed by atoms with E-state index in [0.717, 1.165) is 24.2 Å². The molecule has 6 heteroatoms. The van der Waals surface area contributed by atoms with Crippen LogP contribution in [0.15, 0.2) is 0 Å². The number of rotatable bonds is 5. The molecule has 4 bridgehead atoms. The molecule has 4 heterocycles. The van der Waals surface area contributed by atoms with Crippen molar-refractivity contribution >= 4 is 0 Å². The maximum atomic E-state index is 2.81. The minimum Gasteiger partial charge on any atom is -1.00 e. The van der Waals surface area contributed by atoms with Crippen LogP contribution in [0.25, 0.3) is 0 Å². The number of unbranched alkanes of at least 4 members (excludes halogenated alkanes) is 1. The fourth-order valence-corrected chi connectivity index (χ4v) is 6.69. The summed E-state index contributed by atoms with van der Waals surface area (Å²) in [6.07, 6.45) is 11.5. The lowest BCUT2D eigenvalue weighted by Crippen LogP contribution is -3.00. The van der Waals surface area contributed by atoms with E-state index in [1.54, 1.807) is 0 Å². The van der Waals surface area contributed by atoms with Crippen molar-refractivity contribution in [1.29, 1.82) is 0 Å². The molecular weight excluding hydrogens is 574 g/mol. The maximum absolute atomic E-state index is 2.81. The Bertz CT molecular complexity index is 423. The molecule has 0 saturated carbocycles. The summed E-state index contributed by atoms with van der Waals surface area (Å²) in [6, 6.07) is 3.57. The van der Waals surface area contributed by atoms with Gasteiger partial charge in [-0.25, -0.2) is 0 Å². The third-order valence-corrected chi connectivity index (χ3v) is 8.99. The largest absolute Gasteiger partial charge is 1.00 e. The van der Waals surface area contributed by atoms with Crippen molar-refractivity contribution in [2.24, 2.45) is 0 Å². The average Bonchev–Trinajstić information content (AvgIpc) is 2.51. The SMILES string of the molecule is C[N+]1(C)C2CCCC1CN(CCCCN1CC3CCCC(C1)[N+]3(C)C)C2.[I-].[I-]. The number of hydrogen-bond acceptors (Lipinski definition) is 2. The van der Waals surface area contributed by atoms with E-state index in [4.69, 9.17) is 0 Å². The molecule has 4 fully saturated rings. The van der Waals surface area contributed by atoms with Crippen LogP contribution in [-0.4, -0.2) is 110 Å². The van der Waals surface area contributed by atoms with Crippen LogP contribution in [0, 0.1) is 0 Å². The lowest BCUT2D eigenvalue weighted by atomic mass is 9.89. The molecule has 0 amide bonds. The Morgan fingerprint density at radius 3 is 1.14 bits per heavy atom. The van der Waals surface area contributed by atoms with Gasteiger partial charge in [-0.3, -0.25) is 9.80 Å². The highest BCUT2D eigenvalue weighted by Gasteiger charge is 2.46. The van der Waals surface area contributed by atoms with E-state index < -0.39 is 0 Å². The highest BCUT2D eigenvalue weighted by molar-refractivity contribution is 4.84. The van der Waals surface area contributed by atoms with Gasteiger partial charge in [0.1, 0.15) is 24.2 Å². The van der Waals surface area contributed by atoms with Gasteiger partial charge in [0.25, 0.3) is 0 Å². The molecule has 0 radical (unpaired) electrons. The summed E-state index contributed by atoms with van der Waals surface area (Å²) in [6.45, 7) is 8.09. The molecule has 0 aromatic carbocycles. The zero-order valence-electron chi connectivity index (χ0n) is 18.8. The fraction of sp³-hybridized carbons (Fsp3) is 1.00.